The molecule has 2 saturated carbocycles. The molecule has 1 aliphatic heterocycles. The molecule has 100 valence electrons. The van der Waals surface area contributed by atoms with Crippen molar-refractivity contribution in [3.63, 3.8) is 0 Å². The Morgan fingerprint density at radius 2 is 2.00 bits per heavy atom. The van der Waals surface area contributed by atoms with Crippen LogP contribution < -0.4 is 16.3 Å². The van der Waals surface area contributed by atoms with E-state index in [0.29, 0.717) is 9.89 Å². The highest BCUT2D eigenvalue weighted by Crippen LogP contribution is 2.64. The van der Waals surface area contributed by atoms with Gasteiger partial charge in [-0.1, -0.05) is 11.6 Å². The van der Waals surface area contributed by atoms with Crippen LogP contribution in [-0.4, -0.2) is 16.2 Å². The van der Waals surface area contributed by atoms with Crippen molar-refractivity contribution in [3.8, 4) is 0 Å². The number of rotatable bonds is 0. The van der Waals surface area contributed by atoms with Crippen molar-refractivity contribution < 1.29 is 4.79 Å². The van der Waals surface area contributed by atoms with Crippen LogP contribution >= 0.6 is 27.5 Å². The van der Waals surface area contributed by atoms with Gasteiger partial charge in [-0.2, -0.15) is 0 Å². The molecular formula is C12H11BrClN3O2. The Morgan fingerprint density at radius 3 is 2.63 bits per heavy atom. The zero-order valence-corrected chi connectivity index (χ0v) is 12.3. The number of amides is 1. The molecule has 2 spiro atoms. The van der Waals surface area contributed by atoms with E-state index in [4.69, 9.17) is 11.6 Å². The lowest BCUT2D eigenvalue weighted by Gasteiger charge is -2.52. The second-order valence-corrected chi connectivity index (χ2v) is 7.09. The minimum absolute atomic E-state index is 0.178. The Labute approximate surface area is 122 Å². The normalized spacial score (nSPS) is 24.4. The summed E-state index contributed by atoms with van der Waals surface area (Å²) in [7, 11) is 0. The molecule has 1 aromatic heterocycles. The third-order valence-electron chi connectivity index (χ3n) is 4.32. The Kier molecular flexibility index (Phi) is 2.08. The molecule has 7 heteroatoms. The highest BCUT2D eigenvalue weighted by molar-refractivity contribution is 9.10. The highest BCUT2D eigenvalue weighted by atomic mass is 79.9. The Balaban J connectivity index is 1.82. The monoisotopic (exact) mass is 343 g/mol. The largest absolute Gasteiger partial charge is 0.327 e. The van der Waals surface area contributed by atoms with Gasteiger partial charge in [0.05, 0.1) is 9.50 Å². The minimum Gasteiger partial charge on any atom is -0.327 e. The predicted molar refractivity (Wildman–Crippen MR) is 73.9 cm³/mol. The molecule has 3 aliphatic rings. The van der Waals surface area contributed by atoms with E-state index >= 15 is 0 Å². The first kappa shape index (κ1) is 11.8. The number of carbonyl (C=O) groups excluding carboxylic acids is 1. The van der Waals surface area contributed by atoms with Gasteiger partial charge in [-0.3, -0.25) is 15.0 Å². The van der Waals surface area contributed by atoms with Crippen LogP contribution in [0.4, 0.5) is 0 Å². The van der Waals surface area contributed by atoms with Gasteiger partial charge >= 0.3 is 0 Å². The summed E-state index contributed by atoms with van der Waals surface area (Å²) >= 11 is 9.21. The van der Waals surface area contributed by atoms with Crippen molar-refractivity contribution in [2.24, 2.45) is 5.41 Å². The first-order valence-corrected chi connectivity index (χ1v) is 7.33. The van der Waals surface area contributed by atoms with Crippen molar-refractivity contribution in [1.29, 1.82) is 0 Å². The van der Waals surface area contributed by atoms with Crippen LogP contribution in [0, 0.1) is 5.41 Å². The van der Waals surface area contributed by atoms with Gasteiger partial charge in [-0.05, 0) is 53.1 Å². The number of halogens is 2. The van der Waals surface area contributed by atoms with E-state index in [-0.39, 0.29) is 22.2 Å². The first-order chi connectivity index (χ1) is 8.94. The van der Waals surface area contributed by atoms with E-state index in [1.165, 1.54) is 23.6 Å². The Morgan fingerprint density at radius 1 is 1.32 bits per heavy atom. The average molecular weight is 345 g/mol. The maximum absolute atomic E-state index is 12.2. The van der Waals surface area contributed by atoms with Crippen LogP contribution in [0.1, 0.15) is 36.2 Å². The molecule has 4 rings (SSSR count). The molecule has 2 aliphatic carbocycles. The molecule has 0 aromatic carbocycles. The molecule has 0 bridgehead atoms. The van der Waals surface area contributed by atoms with Crippen LogP contribution in [0.25, 0.3) is 0 Å². The predicted octanol–water partition coefficient (Wildman–Crippen LogP) is 1.82. The number of hydrogen-bond acceptors (Lipinski definition) is 3. The third kappa shape index (κ3) is 1.53. The molecule has 5 nitrogen and oxygen atoms in total. The number of nitrogens with one attached hydrogen (secondary N) is 2. The van der Waals surface area contributed by atoms with Crippen molar-refractivity contribution in [2.45, 2.75) is 31.3 Å². The lowest BCUT2D eigenvalue weighted by molar-refractivity contribution is 0.0593. The van der Waals surface area contributed by atoms with Gasteiger partial charge in [-0.25, -0.2) is 4.68 Å². The van der Waals surface area contributed by atoms with Crippen LogP contribution in [-0.2, 0) is 0 Å². The number of aromatic nitrogens is 1. The maximum Gasteiger partial charge on any atom is 0.284 e. The van der Waals surface area contributed by atoms with Gasteiger partial charge in [0.25, 0.3) is 11.5 Å². The number of pyridine rings is 1. The average Bonchev–Trinajstić information content (AvgIpc) is 3.04. The van der Waals surface area contributed by atoms with Crippen LogP contribution in [0.15, 0.2) is 15.3 Å². The van der Waals surface area contributed by atoms with Crippen LogP contribution in [0.2, 0.25) is 5.02 Å². The van der Waals surface area contributed by atoms with Crippen LogP contribution in [0.5, 0.6) is 0 Å². The van der Waals surface area contributed by atoms with Crippen LogP contribution in [0.3, 0.4) is 0 Å². The zero-order valence-electron chi connectivity index (χ0n) is 9.93. The number of fused-ring (bicyclic) bond motifs is 1. The summed E-state index contributed by atoms with van der Waals surface area (Å²) in [6.07, 6.45) is 4.18. The molecule has 2 heterocycles. The molecule has 2 N–H and O–H groups in total. The highest BCUT2D eigenvalue weighted by Gasteiger charge is 2.63. The summed E-state index contributed by atoms with van der Waals surface area (Å²) in [5, 5.41) is 3.22. The van der Waals surface area contributed by atoms with E-state index < -0.39 is 5.66 Å². The van der Waals surface area contributed by atoms with Gasteiger partial charge in [0.1, 0.15) is 11.4 Å². The third-order valence-corrected chi connectivity index (χ3v) is 5.17. The van der Waals surface area contributed by atoms with Crippen molar-refractivity contribution in [3.05, 3.63) is 31.6 Å². The Hall–Kier alpha value is -1.01. The second kappa shape index (κ2) is 3.35. The number of carbonyl (C=O) groups is 1. The smallest absolute Gasteiger partial charge is 0.284 e. The van der Waals surface area contributed by atoms with Crippen molar-refractivity contribution in [1.82, 2.24) is 9.99 Å². The summed E-state index contributed by atoms with van der Waals surface area (Å²) in [6.45, 7) is 0. The van der Waals surface area contributed by atoms with Gasteiger partial charge < -0.3 is 5.32 Å². The van der Waals surface area contributed by atoms with E-state index in [1.54, 1.807) is 0 Å². The molecule has 0 radical (unpaired) electrons. The second-order valence-electron chi connectivity index (χ2n) is 5.83. The SMILES string of the molecule is O=C1NC2(CC3(CC3)C2)Nn2c1c(Cl)cc(Br)c2=O. The lowest BCUT2D eigenvalue weighted by Crippen LogP contribution is -2.70. The van der Waals surface area contributed by atoms with E-state index in [0.717, 1.165) is 12.8 Å². The minimum atomic E-state index is -0.478. The number of nitrogens with zero attached hydrogens (tertiary/aromatic N) is 1. The zero-order chi connectivity index (χ0) is 13.4. The fraction of sp³-hybridized carbons (Fsp3) is 0.500. The summed E-state index contributed by atoms with van der Waals surface area (Å²) in [5.41, 5.74) is 2.96. The molecule has 2 fully saturated rings. The molecule has 19 heavy (non-hydrogen) atoms. The fourth-order valence-corrected chi connectivity index (χ4v) is 4.14. The summed E-state index contributed by atoms with van der Waals surface area (Å²) < 4.78 is 1.62. The summed E-state index contributed by atoms with van der Waals surface area (Å²) in [5.74, 6) is -0.288. The van der Waals surface area contributed by atoms with E-state index in [1.807, 2.05) is 0 Å². The quantitative estimate of drug-likeness (QED) is 0.755. The standard InChI is InChI=1S/C12H11BrClN3O2/c13-6-3-7(14)8-9(18)15-12(16-17(8)10(6)19)4-11(5-12)1-2-11/h3,16H,1-2,4-5H2,(H,15,18). The summed E-state index contributed by atoms with van der Waals surface area (Å²) in [6, 6.07) is 1.46. The molecule has 0 atom stereocenters. The van der Waals surface area contributed by atoms with Crippen molar-refractivity contribution >= 4 is 33.4 Å². The summed E-state index contributed by atoms with van der Waals surface area (Å²) in [4.78, 5) is 24.3. The topological polar surface area (TPSA) is 63.1 Å². The Bertz CT molecular complexity index is 672. The van der Waals surface area contributed by atoms with Gasteiger partial charge in [0, 0.05) is 0 Å². The molecule has 1 aromatic rings. The molecule has 1 amide bonds. The maximum atomic E-state index is 12.2. The molecule has 0 saturated heterocycles. The fourth-order valence-electron chi connectivity index (χ4n) is 3.32. The molecule has 0 unspecified atom stereocenters. The van der Waals surface area contributed by atoms with E-state index in [2.05, 4.69) is 26.7 Å². The first-order valence-electron chi connectivity index (χ1n) is 6.16. The van der Waals surface area contributed by atoms with E-state index in [9.17, 15) is 9.59 Å². The van der Waals surface area contributed by atoms with Gasteiger partial charge in [-0.15, -0.1) is 0 Å². The molecular weight excluding hydrogens is 334 g/mol. The van der Waals surface area contributed by atoms with Gasteiger partial charge in [0.15, 0.2) is 0 Å². The number of hydrogen-bond donors (Lipinski definition) is 2. The lowest BCUT2D eigenvalue weighted by atomic mass is 9.71. The van der Waals surface area contributed by atoms with Gasteiger partial charge in [0.2, 0.25) is 0 Å². The van der Waals surface area contributed by atoms with Crippen molar-refractivity contribution in [2.75, 3.05) is 5.43 Å².